The average Bonchev–Trinajstić information content (AvgIpc) is 2.13. The van der Waals surface area contributed by atoms with Gasteiger partial charge in [-0.05, 0) is 0 Å². The first-order valence-electron chi connectivity index (χ1n) is 3.81. The number of esters is 2. The van der Waals surface area contributed by atoms with Crippen LogP contribution in [0.2, 0.25) is 0 Å². The minimum atomic E-state index is -0.924. The SMILES string of the molecule is COC(=O)C(N)COC(=O)CCN. The highest BCUT2D eigenvalue weighted by Gasteiger charge is 2.15. The van der Waals surface area contributed by atoms with Crippen molar-refractivity contribution < 1.29 is 19.1 Å². The Morgan fingerprint density at radius 3 is 2.54 bits per heavy atom. The Morgan fingerprint density at radius 1 is 1.46 bits per heavy atom. The summed E-state index contributed by atoms with van der Waals surface area (Å²) in [6, 6.07) is -0.924. The normalized spacial score (nSPS) is 11.9. The van der Waals surface area contributed by atoms with E-state index in [2.05, 4.69) is 9.47 Å². The maximum Gasteiger partial charge on any atom is 0.326 e. The molecule has 0 amide bonds. The molecule has 6 nitrogen and oxygen atoms in total. The second kappa shape index (κ2) is 6.38. The summed E-state index contributed by atoms with van der Waals surface area (Å²) in [7, 11) is 1.21. The molecular weight excluding hydrogens is 176 g/mol. The number of hydrogen-bond donors (Lipinski definition) is 2. The lowest BCUT2D eigenvalue weighted by atomic mass is 10.3. The molecule has 0 spiro atoms. The minimum absolute atomic E-state index is 0.119. The number of carbonyl (C=O) groups excluding carboxylic acids is 2. The smallest absolute Gasteiger partial charge is 0.326 e. The Labute approximate surface area is 76.2 Å². The molecule has 4 N–H and O–H groups in total. The van der Waals surface area contributed by atoms with E-state index in [9.17, 15) is 9.59 Å². The lowest BCUT2D eigenvalue weighted by molar-refractivity contribution is -0.149. The standard InChI is InChI=1S/C7H14N2O4/c1-12-7(11)5(9)4-13-6(10)2-3-8/h5H,2-4,8-9H2,1H3. The van der Waals surface area contributed by atoms with E-state index in [0.717, 1.165) is 0 Å². The molecule has 6 heteroatoms. The predicted octanol–water partition coefficient (Wildman–Crippen LogP) is -1.62. The van der Waals surface area contributed by atoms with Crippen molar-refractivity contribution in [2.75, 3.05) is 20.3 Å². The zero-order valence-electron chi connectivity index (χ0n) is 7.49. The van der Waals surface area contributed by atoms with Gasteiger partial charge in [0.1, 0.15) is 12.6 Å². The van der Waals surface area contributed by atoms with Crippen LogP contribution >= 0.6 is 0 Å². The van der Waals surface area contributed by atoms with Gasteiger partial charge < -0.3 is 20.9 Å². The summed E-state index contributed by atoms with van der Waals surface area (Å²) in [6.45, 7) is 0.0395. The number of rotatable bonds is 5. The van der Waals surface area contributed by atoms with E-state index in [-0.39, 0.29) is 19.6 Å². The maximum atomic E-state index is 10.7. The van der Waals surface area contributed by atoms with Crippen molar-refractivity contribution in [3.05, 3.63) is 0 Å². The van der Waals surface area contributed by atoms with Crippen LogP contribution in [0.4, 0.5) is 0 Å². The van der Waals surface area contributed by atoms with Crippen molar-refractivity contribution >= 4 is 11.9 Å². The van der Waals surface area contributed by atoms with Crippen molar-refractivity contribution in [1.82, 2.24) is 0 Å². The van der Waals surface area contributed by atoms with E-state index < -0.39 is 18.0 Å². The lowest BCUT2D eigenvalue weighted by Crippen LogP contribution is -2.37. The summed E-state index contributed by atoms with van der Waals surface area (Å²) in [4.78, 5) is 21.5. The number of methoxy groups -OCH3 is 1. The highest BCUT2D eigenvalue weighted by atomic mass is 16.5. The van der Waals surface area contributed by atoms with Gasteiger partial charge in [0.2, 0.25) is 0 Å². The van der Waals surface area contributed by atoms with E-state index >= 15 is 0 Å². The maximum absolute atomic E-state index is 10.7. The van der Waals surface area contributed by atoms with Gasteiger partial charge in [-0.3, -0.25) is 9.59 Å². The first-order valence-corrected chi connectivity index (χ1v) is 3.81. The lowest BCUT2D eigenvalue weighted by Gasteiger charge is -2.09. The Morgan fingerprint density at radius 2 is 2.08 bits per heavy atom. The van der Waals surface area contributed by atoms with E-state index in [1.54, 1.807) is 0 Å². The van der Waals surface area contributed by atoms with Crippen LogP contribution in [0, 0.1) is 0 Å². The monoisotopic (exact) mass is 190 g/mol. The first kappa shape index (κ1) is 11.9. The topological polar surface area (TPSA) is 105 Å². The molecule has 1 atom stereocenters. The van der Waals surface area contributed by atoms with Crippen LogP contribution in [0.1, 0.15) is 6.42 Å². The second-order valence-electron chi connectivity index (χ2n) is 2.35. The quantitative estimate of drug-likeness (QED) is 0.505. The van der Waals surface area contributed by atoms with Crippen LogP contribution in [0.5, 0.6) is 0 Å². The second-order valence-corrected chi connectivity index (χ2v) is 2.35. The van der Waals surface area contributed by atoms with Gasteiger partial charge in [0.15, 0.2) is 0 Å². The number of carbonyl (C=O) groups is 2. The zero-order chi connectivity index (χ0) is 10.3. The number of hydrogen-bond acceptors (Lipinski definition) is 6. The zero-order valence-corrected chi connectivity index (χ0v) is 7.49. The molecule has 0 aliphatic heterocycles. The third kappa shape index (κ3) is 5.15. The van der Waals surface area contributed by atoms with Gasteiger partial charge >= 0.3 is 11.9 Å². The molecule has 13 heavy (non-hydrogen) atoms. The molecule has 0 heterocycles. The molecule has 0 saturated carbocycles. The molecular formula is C7H14N2O4. The Kier molecular flexibility index (Phi) is 5.82. The van der Waals surface area contributed by atoms with Crippen molar-refractivity contribution in [1.29, 1.82) is 0 Å². The summed E-state index contributed by atoms with van der Waals surface area (Å²) in [5.41, 5.74) is 10.4. The van der Waals surface area contributed by atoms with Crippen molar-refractivity contribution in [3.8, 4) is 0 Å². The third-order valence-corrected chi connectivity index (χ3v) is 1.28. The van der Waals surface area contributed by atoms with Crippen LogP contribution in [0.15, 0.2) is 0 Å². The minimum Gasteiger partial charge on any atom is -0.468 e. The van der Waals surface area contributed by atoms with Gasteiger partial charge in [0, 0.05) is 6.54 Å². The molecule has 0 fully saturated rings. The van der Waals surface area contributed by atoms with Crippen molar-refractivity contribution in [3.63, 3.8) is 0 Å². The fourth-order valence-corrected chi connectivity index (χ4v) is 0.592. The molecule has 0 aromatic carbocycles. The molecule has 0 aliphatic carbocycles. The van der Waals surface area contributed by atoms with E-state index in [1.165, 1.54) is 7.11 Å². The Bertz CT molecular complexity index is 183. The largest absolute Gasteiger partial charge is 0.468 e. The van der Waals surface area contributed by atoms with Gasteiger partial charge in [0.05, 0.1) is 13.5 Å². The van der Waals surface area contributed by atoms with Crippen molar-refractivity contribution in [2.45, 2.75) is 12.5 Å². The molecule has 1 unspecified atom stereocenters. The third-order valence-electron chi connectivity index (χ3n) is 1.28. The van der Waals surface area contributed by atoms with Crippen LogP contribution in [-0.4, -0.2) is 38.2 Å². The van der Waals surface area contributed by atoms with Crippen LogP contribution in [-0.2, 0) is 19.1 Å². The van der Waals surface area contributed by atoms with Crippen LogP contribution in [0.3, 0.4) is 0 Å². The molecule has 76 valence electrons. The van der Waals surface area contributed by atoms with E-state index in [1.807, 2.05) is 0 Å². The molecule has 0 aliphatic rings. The number of ether oxygens (including phenoxy) is 2. The molecule has 0 saturated heterocycles. The number of nitrogens with two attached hydrogens (primary N) is 2. The molecule has 0 rings (SSSR count). The van der Waals surface area contributed by atoms with Crippen LogP contribution in [0.25, 0.3) is 0 Å². The summed E-state index contributed by atoms with van der Waals surface area (Å²) in [6.07, 6.45) is 0.119. The molecule has 0 bridgehead atoms. The predicted molar refractivity (Wildman–Crippen MR) is 44.6 cm³/mol. The Hall–Kier alpha value is -1.14. The van der Waals surface area contributed by atoms with E-state index in [0.29, 0.717) is 0 Å². The summed E-state index contributed by atoms with van der Waals surface area (Å²) in [5.74, 6) is -1.08. The molecule has 0 aromatic rings. The molecule has 0 radical (unpaired) electrons. The summed E-state index contributed by atoms with van der Waals surface area (Å²) >= 11 is 0. The van der Waals surface area contributed by atoms with Gasteiger partial charge in [-0.2, -0.15) is 0 Å². The summed E-state index contributed by atoms with van der Waals surface area (Å²) in [5, 5.41) is 0. The van der Waals surface area contributed by atoms with Crippen molar-refractivity contribution in [2.24, 2.45) is 11.5 Å². The fourth-order valence-electron chi connectivity index (χ4n) is 0.592. The average molecular weight is 190 g/mol. The van der Waals surface area contributed by atoms with Gasteiger partial charge in [-0.15, -0.1) is 0 Å². The fraction of sp³-hybridized carbons (Fsp3) is 0.714. The van der Waals surface area contributed by atoms with Gasteiger partial charge in [-0.1, -0.05) is 0 Å². The first-order chi connectivity index (χ1) is 6.11. The highest BCUT2D eigenvalue weighted by molar-refractivity contribution is 5.76. The van der Waals surface area contributed by atoms with Gasteiger partial charge in [0.25, 0.3) is 0 Å². The Balaban J connectivity index is 3.63. The molecule has 0 aromatic heterocycles. The van der Waals surface area contributed by atoms with Crippen LogP contribution < -0.4 is 11.5 Å². The summed E-state index contributed by atoms with van der Waals surface area (Å²) < 4.78 is 8.95. The highest BCUT2D eigenvalue weighted by Crippen LogP contribution is 1.89. The van der Waals surface area contributed by atoms with Gasteiger partial charge in [-0.25, -0.2) is 0 Å². The van der Waals surface area contributed by atoms with E-state index in [4.69, 9.17) is 11.5 Å².